The number of carbonyl (C=O) groups excluding carboxylic acids is 1. The molecule has 2 rings (SSSR count). The number of hydrogen-bond donors (Lipinski definition) is 1. The number of methoxy groups -OCH3 is 1. The van der Waals surface area contributed by atoms with E-state index in [1.165, 1.54) is 18.3 Å². The zero-order valence-corrected chi connectivity index (χ0v) is 10.6. The van der Waals surface area contributed by atoms with Gasteiger partial charge in [0.15, 0.2) is 0 Å². The molecule has 0 aromatic carbocycles. The van der Waals surface area contributed by atoms with Crippen LogP contribution in [0.2, 0.25) is 0 Å². The maximum atomic E-state index is 11.4. The van der Waals surface area contributed by atoms with E-state index in [-0.39, 0.29) is 5.97 Å². The third-order valence-electron chi connectivity index (χ3n) is 4.12. The average molecular weight is 238 g/mol. The van der Waals surface area contributed by atoms with Crippen LogP contribution >= 0.6 is 0 Å². The summed E-state index contributed by atoms with van der Waals surface area (Å²) in [5, 5.41) is 10.5. The summed E-state index contributed by atoms with van der Waals surface area (Å²) in [6.45, 7) is 0. The van der Waals surface area contributed by atoms with Crippen molar-refractivity contribution < 1.29 is 14.6 Å². The maximum absolute atomic E-state index is 11.4. The van der Waals surface area contributed by atoms with Gasteiger partial charge in [-0.15, -0.1) is 0 Å². The molecule has 2 aliphatic carbocycles. The van der Waals surface area contributed by atoms with E-state index in [0.29, 0.717) is 6.42 Å². The largest absolute Gasteiger partial charge is 0.469 e. The van der Waals surface area contributed by atoms with E-state index < -0.39 is 5.60 Å². The lowest BCUT2D eigenvalue weighted by molar-refractivity contribution is -0.139. The lowest BCUT2D eigenvalue weighted by Gasteiger charge is -2.36. The predicted octanol–water partition coefficient (Wildman–Crippen LogP) is 2.73. The van der Waals surface area contributed by atoms with Crippen molar-refractivity contribution in [2.24, 2.45) is 0 Å². The Morgan fingerprint density at radius 3 is 2.82 bits per heavy atom. The number of ether oxygens (including phenoxy) is 1. The van der Waals surface area contributed by atoms with Gasteiger partial charge in [0.1, 0.15) is 0 Å². The highest BCUT2D eigenvalue weighted by molar-refractivity contribution is 5.72. The first-order chi connectivity index (χ1) is 8.13. The second kappa shape index (κ2) is 5.21. The van der Waals surface area contributed by atoms with Crippen LogP contribution in [0.5, 0.6) is 0 Å². The molecular weight excluding hydrogens is 216 g/mol. The van der Waals surface area contributed by atoms with E-state index in [1.54, 1.807) is 0 Å². The van der Waals surface area contributed by atoms with Crippen LogP contribution in [0.25, 0.3) is 0 Å². The minimum absolute atomic E-state index is 0.151. The van der Waals surface area contributed by atoms with Crippen molar-refractivity contribution in [2.75, 3.05) is 7.11 Å². The summed E-state index contributed by atoms with van der Waals surface area (Å²) in [5.74, 6) is -0.151. The minimum Gasteiger partial charge on any atom is -0.469 e. The van der Waals surface area contributed by atoms with Gasteiger partial charge in [-0.05, 0) is 44.9 Å². The molecule has 3 heteroatoms. The second-order valence-electron chi connectivity index (χ2n) is 5.42. The predicted molar refractivity (Wildman–Crippen MR) is 65.5 cm³/mol. The molecule has 0 spiro atoms. The molecule has 2 bridgehead atoms. The van der Waals surface area contributed by atoms with Gasteiger partial charge in [-0.2, -0.15) is 0 Å². The molecule has 96 valence electrons. The standard InChI is InChI=1S/C14H22O3/c1-17-13(15)9-11-5-2-3-7-14(16)8-4-6-12(11)10-14/h16H,2-10H2,1H3/b12-11+/t14-/m1/s1. The van der Waals surface area contributed by atoms with Crippen molar-refractivity contribution in [1.29, 1.82) is 0 Å². The van der Waals surface area contributed by atoms with Gasteiger partial charge in [0, 0.05) is 0 Å². The van der Waals surface area contributed by atoms with Crippen LogP contribution in [0.1, 0.15) is 57.8 Å². The molecule has 0 unspecified atom stereocenters. The molecular formula is C14H22O3. The Morgan fingerprint density at radius 1 is 1.29 bits per heavy atom. The molecule has 0 aromatic heterocycles. The van der Waals surface area contributed by atoms with Crippen molar-refractivity contribution in [3.8, 4) is 0 Å². The molecule has 0 aromatic rings. The molecule has 0 amide bonds. The molecule has 1 atom stereocenters. The first-order valence-corrected chi connectivity index (χ1v) is 6.62. The fraction of sp³-hybridized carbons (Fsp3) is 0.786. The van der Waals surface area contributed by atoms with Crippen LogP contribution in [0, 0.1) is 0 Å². The lowest BCUT2D eigenvalue weighted by atomic mass is 9.74. The van der Waals surface area contributed by atoms with Crippen LogP contribution < -0.4 is 0 Å². The fourth-order valence-electron chi connectivity index (χ4n) is 3.15. The van der Waals surface area contributed by atoms with Crippen LogP contribution in [0.15, 0.2) is 11.1 Å². The molecule has 0 saturated heterocycles. The second-order valence-corrected chi connectivity index (χ2v) is 5.42. The van der Waals surface area contributed by atoms with E-state index in [0.717, 1.165) is 51.4 Å². The summed E-state index contributed by atoms with van der Waals surface area (Å²) in [5.41, 5.74) is 2.06. The summed E-state index contributed by atoms with van der Waals surface area (Å²) in [7, 11) is 1.44. The number of rotatable bonds is 2. The lowest BCUT2D eigenvalue weighted by Crippen LogP contribution is -2.33. The van der Waals surface area contributed by atoms with Crippen molar-refractivity contribution in [3.63, 3.8) is 0 Å². The van der Waals surface area contributed by atoms with Crippen molar-refractivity contribution in [1.82, 2.24) is 0 Å². The fourth-order valence-corrected chi connectivity index (χ4v) is 3.15. The average Bonchev–Trinajstić information content (AvgIpc) is 2.31. The smallest absolute Gasteiger partial charge is 0.309 e. The number of esters is 1. The van der Waals surface area contributed by atoms with E-state index in [2.05, 4.69) is 0 Å². The van der Waals surface area contributed by atoms with Gasteiger partial charge in [-0.1, -0.05) is 17.6 Å². The minimum atomic E-state index is -0.491. The molecule has 1 fully saturated rings. The maximum Gasteiger partial charge on any atom is 0.309 e. The highest BCUT2D eigenvalue weighted by Crippen LogP contribution is 2.40. The molecule has 1 saturated carbocycles. The van der Waals surface area contributed by atoms with Crippen LogP contribution in [0.3, 0.4) is 0 Å². The summed E-state index contributed by atoms with van der Waals surface area (Å²) in [6.07, 6.45) is 8.28. The van der Waals surface area contributed by atoms with Crippen molar-refractivity contribution in [2.45, 2.75) is 63.4 Å². The SMILES string of the molecule is COC(=O)C/C1=C2\CCC[C@](O)(CCCC1)C2. The first-order valence-electron chi connectivity index (χ1n) is 6.62. The molecule has 1 N–H and O–H groups in total. The quantitative estimate of drug-likeness (QED) is 0.594. The van der Waals surface area contributed by atoms with Gasteiger partial charge in [0.05, 0.1) is 19.1 Å². The molecule has 0 radical (unpaired) electrons. The van der Waals surface area contributed by atoms with Gasteiger partial charge in [0.25, 0.3) is 0 Å². The van der Waals surface area contributed by atoms with Crippen molar-refractivity contribution in [3.05, 3.63) is 11.1 Å². The molecule has 0 aliphatic heterocycles. The molecule has 0 heterocycles. The number of fused-ring (bicyclic) bond motifs is 2. The van der Waals surface area contributed by atoms with Gasteiger partial charge in [0.2, 0.25) is 0 Å². The topological polar surface area (TPSA) is 46.5 Å². The number of carbonyl (C=O) groups is 1. The Hall–Kier alpha value is -0.830. The van der Waals surface area contributed by atoms with Crippen LogP contribution in [-0.2, 0) is 9.53 Å². The van der Waals surface area contributed by atoms with E-state index in [9.17, 15) is 9.90 Å². The zero-order valence-electron chi connectivity index (χ0n) is 10.6. The van der Waals surface area contributed by atoms with Gasteiger partial charge >= 0.3 is 5.97 Å². The molecule has 3 nitrogen and oxygen atoms in total. The highest BCUT2D eigenvalue weighted by Gasteiger charge is 2.33. The summed E-state index contributed by atoms with van der Waals surface area (Å²) in [4.78, 5) is 11.4. The van der Waals surface area contributed by atoms with Crippen LogP contribution in [0.4, 0.5) is 0 Å². The van der Waals surface area contributed by atoms with Gasteiger partial charge < -0.3 is 9.84 Å². The Bertz CT molecular complexity index is 332. The third-order valence-corrected chi connectivity index (χ3v) is 4.12. The normalized spacial score (nSPS) is 33.8. The Morgan fingerprint density at radius 2 is 2.06 bits per heavy atom. The summed E-state index contributed by atoms with van der Waals surface area (Å²) >= 11 is 0. The van der Waals surface area contributed by atoms with Crippen LogP contribution in [-0.4, -0.2) is 23.8 Å². The summed E-state index contributed by atoms with van der Waals surface area (Å²) < 4.78 is 4.75. The Labute approximate surface area is 103 Å². The van der Waals surface area contributed by atoms with Gasteiger partial charge in [-0.25, -0.2) is 0 Å². The number of aliphatic hydroxyl groups is 1. The molecule has 2 aliphatic rings. The van der Waals surface area contributed by atoms with Gasteiger partial charge in [-0.3, -0.25) is 4.79 Å². The Balaban J connectivity index is 2.18. The zero-order chi connectivity index (χ0) is 12.3. The number of hydrogen-bond acceptors (Lipinski definition) is 3. The van der Waals surface area contributed by atoms with E-state index >= 15 is 0 Å². The van der Waals surface area contributed by atoms with Crippen molar-refractivity contribution >= 4 is 5.97 Å². The molecule has 17 heavy (non-hydrogen) atoms. The highest BCUT2D eigenvalue weighted by atomic mass is 16.5. The van der Waals surface area contributed by atoms with E-state index in [1.807, 2.05) is 0 Å². The first kappa shape index (κ1) is 12.6. The summed E-state index contributed by atoms with van der Waals surface area (Å²) in [6, 6.07) is 0. The van der Waals surface area contributed by atoms with E-state index in [4.69, 9.17) is 4.74 Å². The monoisotopic (exact) mass is 238 g/mol. The third kappa shape index (κ3) is 3.09. The Kier molecular flexibility index (Phi) is 3.87.